The minimum atomic E-state index is -0.911. The summed E-state index contributed by atoms with van der Waals surface area (Å²) in [4.78, 5) is 15.8. The predicted molar refractivity (Wildman–Crippen MR) is 75.7 cm³/mol. The Hall–Kier alpha value is -1.58. The lowest BCUT2D eigenvalue weighted by atomic mass is 9.91. The van der Waals surface area contributed by atoms with Crippen LogP contribution in [0.4, 0.5) is 5.82 Å². The van der Waals surface area contributed by atoms with Gasteiger partial charge in [0.1, 0.15) is 5.82 Å². The van der Waals surface area contributed by atoms with Gasteiger partial charge in [-0.2, -0.15) is 0 Å². The van der Waals surface area contributed by atoms with Crippen molar-refractivity contribution < 1.29 is 9.90 Å². The van der Waals surface area contributed by atoms with E-state index in [0.717, 1.165) is 12.1 Å². The fourth-order valence-corrected chi connectivity index (χ4v) is 2.00. The lowest BCUT2D eigenvalue weighted by molar-refractivity contribution is 0.0696. The summed E-state index contributed by atoms with van der Waals surface area (Å²) in [5.41, 5.74) is 1.21. The average molecular weight is 262 g/mol. The average Bonchev–Trinajstić information content (AvgIpc) is 2.84. The van der Waals surface area contributed by atoms with E-state index in [1.54, 1.807) is 12.1 Å². The number of hydrogen-bond donors (Lipinski definition) is 2. The minimum Gasteiger partial charge on any atom is -0.478 e. The topological polar surface area (TPSA) is 62.2 Å². The largest absolute Gasteiger partial charge is 0.478 e. The van der Waals surface area contributed by atoms with E-state index in [1.807, 2.05) is 20.8 Å². The van der Waals surface area contributed by atoms with Gasteiger partial charge in [0.25, 0.3) is 0 Å². The van der Waals surface area contributed by atoms with E-state index in [1.165, 1.54) is 0 Å². The molecule has 4 nitrogen and oxygen atoms in total. The Balaban J connectivity index is 2.32. The standard InChI is InChI=1S/C15H22N2O2/c1-14(2,3)10-6-9(13(18)19)7-12(16-10)17-11-8-15(11,4)5/h6-7,11H,8H2,1-5H3,(H,16,17)(H,18,19). The van der Waals surface area contributed by atoms with Crippen LogP contribution >= 0.6 is 0 Å². The molecule has 1 aliphatic rings. The van der Waals surface area contributed by atoms with Gasteiger partial charge in [-0.05, 0) is 24.0 Å². The molecule has 0 aromatic carbocycles. The number of aromatic nitrogens is 1. The van der Waals surface area contributed by atoms with Crippen LogP contribution in [0.1, 0.15) is 57.1 Å². The molecule has 0 spiro atoms. The maximum Gasteiger partial charge on any atom is 0.335 e. The quantitative estimate of drug-likeness (QED) is 0.877. The van der Waals surface area contributed by atoms with E-state index < -0.39 is 5.97 Å². The Morgan fingerprint density at radius 2 is 2.00 bits per heavy atom. The molecule has 2 rings (SSSR count). The molecule has 1 aliphatic carbocycles. The molecule has 4 heteroatoms. The molecule has 0 saturated heterocycles. The number of rotatable bonds is 3. The number of pyridine rings is 1. The number of hydrogen-bond acceptors (Lipinski definition) is 3. The number of nitrogens with zero attached hydrogens (tertiary/aromatic N) is 1. The van der Waals surface area contributed by atoms with Crippen molar-refractivity contribution in [3.63, 3.8) is 0 Å². The Labute approximate surface area is 114 Å². The van der Waals surface area contributed by atoms with Crippen molar-refractivity contribution in [2.45, 2.75) is 52.5 Å². The third-order valence-electron chi connectivity index (χ3n) is 3.68. The Bertz CT molecular complexity index is 515. The van der Waals surface area contributed by atoms with Crippen molar-refractivity contribution in [2.24, 2.45) is 5.41 Å². The highest BCUT2D eigenvalue weighted by Crippen LogP contribution is 2.46. The first-order chi connectivity index (χ1) is 8.59. The van der Waals surface area contributed by atoms with Crippen molar-refractivity contribution in [1.82, 2.24) is 4.98 Å². The van der Waals surface area contributed by atoms with E-state index >= 15 is 0 Å². The first-order valence-corrected chi connectivity index (χ1v) is 6.62. The van der Waals surface area contributed by atoms with Crippen molar-refractivity contribution in [1.29, 1.82) is 0 Å². The monoisotopic (exact) mass is 262 g/mol. The van der Waals surface area contributed by atoms with E-state index in [2.05, 4.69) is 24.1 Å². The zero-order chi connectivity index (χ0) is 14.4. The summed E-state index contributed by atoms with van der Waals surface area (Å²) < 4.78 is 0. The fourth-order valence-electron chi connectivity index (χ4n) is 2.00. The molecule has 0 amide bonds. The molecule has 1 fully saturated rings. The van der Waals surface area contributed by atoms with Crippen LogP contribution < -0.4 is 5.32 Å². The highest BCUT2D eigenvalue weighted by Gasteiger charge is 2.45. The van der Waals surface area contributed by atoms with E-state index in [4.69, 9.17) is 0 Å². The maximum atomic E-state index is 11.2. The maximum absolute atomic E-state index is 11.2. The lowest BCUT2D eigenvalue weighted by Gasteiger charge is -2.20. The third-order valence-corrected chi connectivity index (χ3v) is 3.68. The Kier molecular flexibility index (Phi) is 3.07. The summed E-state index contributed by atoms with van der Waals surface area (Å²) >= 11 is 0. The molecule has 1 heterocycles. The molecule has 0 aliphatic heterocycles. The van der Waals surface area contributed by atoms with Gasteiger partial charge in [0.05, 0.1) is 5.56 Å². The molecule has 1 atom stereocenters. The van der Waals surface area contributed by atoms with Crippen molar-refractivity contribution in [3.05, 3.63) is 23.4 Å². The zero-order valence-corrected chi connectivity index (χ0v) is 12.2. The molecular weight excluding hydrogens is 240 g/mol. The normalized spacial score (nSPS) is 21.0. The molecule has 1 unspecified atom stereocenters. The summed E-state index contributed by atoms with van der Waals surface area (Å²) in [6.45, 7) is 10.5. The molecule has 19 heavy (non-hydrogen) atoms. The first kappa shape index (κ1) is 13.8. The van der Waals surface area contributed by atoms with Crippen LogP contribution in [0.15, 0.2) is 12.1 Å². The molecule has 1 aromatic heterocycles. The Morgan fingerprint density at radius 1 is 1.42 bits per heavy atom. The fraction of sp³-hybridized carbons (Fsp3) is 0.600. The first-order valence-electron chi connectivity index (χ1n) is 6.62. The second kappa shape index (κ2) is 4.22. The smallest absolute Gasteiger partial charge is 0.335 e. The van der Waals surface area contributed by atoms with Crippen LogP contribution in [0, 0.1) is 5.41 Å². The second-order valence-corrected chi connectivity index (χ2v) is 7.07. The number of carbonyl (C=O) groups is 1. The number of carboxylic acid groups (broad SMARTS) is 1. The molecular formula is C15H22N2O2. The summed E-state index contributed by atoms with van der Waals surface area (Å²) in [5, 5.41) is 12.5. The molecule has 2 N–H and O–H groups in total. The molecule has 104 valence electrons. The minimum absolute atomic E-state index is 0.166. The summed E-state index contributed by atoms with van der Waals surface area (Å²) in [6.07, 6.45) is 1.09. The molecule has 0 radical (unpaired) electrons. The zero-order valence-electron chi connectivity index (χ0n) is 12.2. The van der Waals surface area contributed by atoms with Gasteiger partial charge in [0.15, 0.2) is 0 Å². The van der Waals surface area contributed by atoms with Crippen LogP contribution in [0.25, 0.3) is 0 Å². The van der Waals surface area contributed by atoms with Crippen LogP contribution in [0.5, 0.6) is 0 Å². The number of aromatic carboxylic acids is 1. The van der Waals surface area contributed by atoms with Crippen LogP contribution in [0.2, 0.25) is 0 Å². The van der Waals surface area contributed by atoms with Gasteiger partial charge in [0.2, 0.25) is 0 Å². The molecule has 1 saturated carbocycles. The van der Waals surface area contributed by atoms with Gasteiger partial charge in [0, 0.05) is 17.2 Å². The van der Waals surface area contributed by atoms with Gasteiger partial charge in [-0.1, -0.05) is 34.6 Å². The SMILES string of the molecule is CC(C)(C)c1cc(C(=O)O)cc(NC2CC2(C)C)n1. The lowest BCUT2D eigenvalue weighted by Crippen LogP contribution is -2.18. The predicted octanol–water partition coefficient (Wildman–Crippen LogP) is 3.29. The van der Waals surface area contributed by atoms with Gasteiger partial charge < -0.3 is 10.4 Å². The van der Waals surface area contributed by atoms with Crippen LogP contribution in [0.3, 0.4) is 0 Å². The van der Waals surface area contributed by atoms with Crippen LogP contribution in [-0.2, 0) is 5.41 Å². The highest BCUT2D eigenvalue weighted by atomic mass is 16.4. The number of anilines is 1. The summed E-state index contributed by atoms with van der Waals surface area (Å²) in [6, 6.07) is 3.66. The van der Waals surface area contributed by atoms with Crippen molar-refractivity contribution in [3.8, 4) is 0 Å². The number of nitrogens with one attached hydrogen (secondary N) is 1. The third kappa shape index (κ3) is 3.06. The number of carboxylic acids is 1. The van der Waals surface area contributed by atoms with E-state index in [9.17, 15) is 9.90 Å². The summed E-state index contributed by atoms with van der Waals surface area (Å²) in [7, 11) is 0. The Morgan fingerprint density at radius 3 is 2.42 bits per heavy atom. The van der Waals surface area contributed by atoms with E-state index in [0.29, 0.717) is 17.4 Å². The second-order valence-electron chi connectivity index (χ2n) is 7.07. The molecule has 0 bridgehead atoms. The van der Waals surface area contributed by atoms with E-state index in [-0.39, 0.29) is 10.8 Å². The summed E-state index contributed by atoms with van der Waals surface area (Å²) in [5.74, 6) is -0.244. The van der Waals surface area contributed by atoms with Crippen molar-refractivity contribution in [2.75, 3.05) is 5.32 Å². The van der Waals surface area contributed by atoms with Gasteiger partial charge in [-0.3, -0.25) is 0 Å². The van der Waals surface area contributed by atoms with Crippen LogP contribution in [-0.4, -0.2) is 22.1 Å². The highest BCUT2D eigenvalue weighted by molar-refractivity contribution is 5.88. The van der Waals surface area contributed by atoms with Gasteiger partial charge >= 0.3 is 5.97 Å². The van der Waals surface area contributed by atoms with Gasteiger partial charge in [-0.15, -0.1) is 0 Å². The van der Waals surface area contributed by atoms with Gasteiger partial charge in [-0.25, -0.2) is 9.78 Å². The van der Waals surface area contributed by atoms with Crippen molar-refractivity contribution >= 4 is 11.8 Å². The molecule has 1 aromatic rings.